The molecule has 1 amide bonds. The van der Waals surface area contributed by atoms with Crippen LogP contribution in [-0.4, -0.2) is 34.4 Å². The molecular weight excluding hydrogens is 457 g/mol. The van der Waals surface area contributed by atoms with Crippen LogP contribution in [0.2, 0.25) is 0 Å². The SMILES string of the molecule is Bc1cc(C(=O)NC(=S)Nc2ccc(S(=O)(=O)Nc3ccc(C)cc3C)cc2)ccc1OC. The first-order valence-corrected chi connectivity index (χ1v) is 12.0. The summed E-state index contributed by atoms with van der Waals surface area (Å²) in [6.45, 7) is 3.79. The predicted octanol–water partition coefficient (Wildman–Crippen LogP) is 2.50. The molecule has 33 heavy (non-hydrogen) atoms. The molecule has 0 unspecified atom stereocenters. The minimum Gasteiger partial charge on any atom is -0.497 e. The summed E-state index contributed by atoms with van der Waals surface area (Å²) in [4.78, 5) is 12.5. The molecule has 3 aromatic carbocycles. The highest BCUT2D eigenvalue weighted by Gasteiger charge is 2.16. The quantitative estimate of drug-likeness (QED) is 0.370. The molecule has 10 heteroatoms. The molecule has 0 saturated heterocycles. The summed E-state index contributed by atoms with van der Waals surface area (Å²) in [7, 11) is -0.339. The van der Waals surface area contributed by atoms with Crippen LogP contribution >= 0.6 is 12.2 Å². The number of nitrogens with one attached hydrogen (secondary N) is 3. The Morgan fingerprint density at radius 3 is 2.30 bits per heavy atom. The van der Waals surface area contributed by atoms with Crippen molar-refractivity contribution in [2.75, 3.05) is 17.1 Å². The van der Waals surface area contributed by atoms with Gasteiger partial charge in [0.25, 0.3) is 15.9 Å². The van der Waals surface area contributed by atoms with Crippen LogP contribution in [0.25, 0.3) is 0 Å². The molecule has 170 valence electrons. The zero-order chi connectivity index (χ0) is 24.2. The highest BCUT2D eigenvalue weighted by Crippen LogP contribution is 2.22. The first-order valence-electron chi connectivity index (χ1n) is 10.1. The molecule has 7 nitrogen and oxygen atoms in total. The van der Waals surface area contributed by atoms with Gasteiger partial charge in [-0.05, 0) is 79.6 Å². The van der Waals surface area contributed by atoms with E-state index in [0.717, 1.165) is 16.6 Å². The smallest absolute Gasteiger partial charge is 0.261 e. The summed E-state index contributed by atoms with van der Waals surface area (Å²) in [5.74, 6) is 0.324. The number of rotatable bonds is 6. The van der Waals surface area contributed by atoms with Crippen LogP contribution in [0.1, 0.15) is 21.5 Å². The Hall–Kier alpha value is -3.37. The van der Waals surface area contributed by atoms with E-state index in [2.05, 4.69) is 15.4 Å². The van der Waals surface area contributed by atoms with Crippen LogP contribution in [-0.2, 0) is 10.0 Å². The van der Waals surface area contributed by atoms with Crippen LogP contribution in [0.5, 0.6) is 5.75 Å². The number of anilines is 2. The third-order valence-electron chi connectivity index (χ3n) is 4.93. The van der Waals surface area contributed by atoms with Gasteiger partial charge in [0, 0.05) is 11.3 Å². The second-order valence-electron chi connectivity index (χ2n) is 7.54. The first kappa shape index (κ1) is 24.3. The van der Waals surface area contributed by atoms with Crippen molar-refractivity contribution in [3.8, 4) is 5.75 Å². The van der Waals surface area contributed by atoms with Crippen molar-refractivity contribution in [3.63, 3.8) is 0 Å². The minimum atomic E-state index is -3.75. The maximum Gasteiger partial charge on any atom is 0.261 e. The number of sulfonamides is 1. The molecule has 0 aromatic heterocycles. The molecule has 3 aromatic rings. The Labute approximate surface area is 200 Å². The van der Waals surface area contributed by atoms with Crippen LogP contribution in [0.4, 0.5) is 11.4 Å². The van der Waals surface area contributed by atoms with E-state index in [1.807, 2.05) is 33.8 Å². The molecule has 0 heterocycles. The lowest BCUT2D eigenvalue weighted by Crippen LogP contribution is -2.34. The van der Waals surface area contributed by atoms with Crippen LogP contribution in [0.3, 0.4) is 0 Å². The summed E-state index contributed by atoms with van der Waals surface area (Å²) in [5, 5.41) is 5.59. The number of amides is 1. The average Bonchev–Trinajstić information content (AvgIpc) is 2.76. The molecule has 0 bridgehead atoms. The number of ether oxygens (including phenoxy) is 1. The standard InChI is InChI=1S/C23H24BN3O4S2/c1-14-4-10-20(15(2)12-14)27-33(29,30)18-8-6-17(7-9-18)25-23(32)26-22(28)16-5-11-21(31-3)19(24)13-16/h4-13,27H,24H2,1-3H3,(H2,25,26,28,32). The highest BCUT2D eigenvalue weighted by atomic mass is 32.2. The van der Waals surface area contributed by atoms with E-state index in [1.54, 1.807) is 43.5 Å². The largest absolute Gasteiger partial charge is 0.497 e. The van der Waals surface area contributed by atoms with Crippen molar-refractivity contribution < 1.29 is 17.9 Å². The van der Waals surface area contributed by atoms with Gasteiger partial charge in [0.1, 0.15) is 13.6 Å². The number of carbonyl (C=O) groups excluding carboxylic acids is 1. The second kappa shape index (κ2) is 10.1. The number of carbonyl (C=O) groups is 1. The summed E-state index contributed by atoms with van der Waals surface area (Å²) in [5.41, 5.74) is 4.23. The molecule has 3 N–H and O–H groups in total. The molecule has 0 spiro atoms. The van der Waals surface area contributed by atoms with Crippen LogP contribution in [0.15, 0.2) is 65.6 Å². The lowest BCUT2D eigenvalue weighted by Gasteiger charge is -2.13. The maximum absolute atomic E-state index is 12.7. The fraction of sp³-hybridized carbons (Fsp3) is 0.130. The van der Waals surface area contributed by atoms with Gasteiger partial charge < -0.3 is 10.1 Å². The van der Waals surface area contributed by atoms with E-state index in [9.17, 15) is 13.2 Å². The Balaban J connectivity index is 1.64. The summed E-state index contributed by atoms with van der Waals surface area (Å²) in [6, 6.07) is 16.6. The number of thiocarbonyl (C=S) groups is 1. The number of benzene rings is 3. The molecule has 0 atom stereocenters. The average molecular weight is 481 g/mol. The molecule has 0 aliphatic carbocycles. The van der Waals surface area contributed by atoms with Crippen molar-refractivity contribution in [2.45, 2.75) is 18.7 Å². The van der Waals surface area contributed by atoms with Gasteiger partial charge in [-0.3, -0.25) is 14.8 Å². The zero-order valence-electron chi connectivity index (χ0n) is 18.7. The number of aryl methyl sites for hydroxylation is 2. The Kier molecular flexibility index (Phi) is 7.40. The van der Waals surface area contributed by atoms with E-state index in [0.29, 0.717) is 22.7 Å². The molecule has 0 aliphatic rings. The van der Waals surface area contributed by atoms with Crippen molar-refractivity contribution >= 4 is 57.9 Å². The summed E-state index contributed by atoms with van der Waals surface area (Å²) in [6.07, 6.45) is 0. The maximum atomic E-state index is 12.7. The van der Waals surface area contributed by atoms with Crippen molar-refractivity contribution in [3.05, 3.63) is 77.4 Å². The monoisotopic (exact) mass is 481 g/mol. The second-order valence-corrected chi connectivity index (χ2v) is 9.63. The summed E-state index contributed by atoms with van der Waals surface area (Å²) < 4.78 is 33.3. The minimum absolute atomic E-state index is 0.0949. The van der Waals surface area contributed by atoms with Gasteiger partial charge in [0.15, 0.2) is 5.11 Å². The molecule has 0 saturated carbocycles. The lowest BCUT2D eigenvalue weighted by atomic mass is 9.93. The van der Waals surface area contributed by atoms with Gasteiger partial charge in [0.2, 0.25) is 0 Å². The van der Waals surface area contributed by atoms with Crippen molar-refractivity contribution in [1.82, 2.24) is 5.32 Å². The van der Waals surface area contributed by atoms with E-state index in [4.69, 9.17) is 17.0 Å². The number of methoxy groups -OCH3 is 1. The van der Waals surface area contributed by atoms with Crippen molar-refractivity contribution in [1.29, 1.82) is 0 Å². The van der Waals surface area contributed by atoms with Gasteiger partial charge in [-0.1, -0.05) is 23.8 Å². The van der Waals surface area contributed by atoms with Gasteiger partial charge in [-0.25, -0.2) is 8.42 Å². The fourth-order valence-corrected chi connectivity index (χ4v) is 4.55. The molecule has 0 fully saturated rings. The zero-order valence-corrected chi connectivity index (χ0v) is 20.4. The lowest BCUT2D eigenvalue weighted by molar-refractivity contribution is 0.0978. The summed E-state index contributed by atoms with van der Waals surface area (Å²) >= 11 is 5.21. The molecule has 3 rings (SSSR count). The third-order valence-corrected chi connectivity index (χ3v) is 6.52. The predicted molar refractivity (Wildman–Crippen MR) is 138 cm³/mol. The van der Waals surface area contributed by atoms with Gasteiger partial charge in [-0.2, -0.15) is 0 Å². The first-order chi connectivity index (χ1) is 15.6. The molecule has 0 radical (unpaired) electrons. The molecular formula is C23H24BN3O4S2. The normalized spacial score (nSPS) is 10.9. The topological polar surface area (TPSA) is 96.5 Å². The number of hydrogen-bond acceptors (Lipinski definition) is 5. The van der Waals surface area contributed by atoms with Crippen LogP contribution in [0, 0.1) is 13.8 Å². The van der Waals surface area contributed by atoms with Gasteiger partial charge >= 0.3 is 0 Å². The Morgan fingerprint density at radius 2 is 1.70 bits per heavy atom. The van der Waals surface area contributed by atoms with E-state index < -0.39 is 10.0 Å². The fourth-order valence-electron chi connectivity index (χ4n) is 3.21. The Morgan fingerprint density at radius 1 is 1.00 bits per heavy atom. The Bertz CT molecular complexity index is 1310. The van der Waals surface area contributed by atoms with Crippen LogP contribution < -0.4 is 25.6 Å². The van der Waals surface area contributed by atoms with E-state index in [-0.39, 0.29) is 15.9 Å². The third kappa shape index (κ3) is 6.12. The highest BCUT2D eigenvalue weighted by molar-refractivity contribution is 7.92. The van der Waals surface area contributed by atoms with E-state index in [1.165, 1.54) is 12.1 Å². The van der Waals surface area contributed by atoms with Gasteiger partial charge in [0.05, 0.1) is 17.7 Å². The number of hydrogen-bond donors (Lipinski definition) is 3. The van der Waals surface area contributed by atoms with E-state index >= 15 is 0 Å². The molecule has 0 aliphatic heterocycles. The van der Waals surface area contributed by atoms with Crippen molar-refractivity contribution in [2.24, 2.45) is 0 Å². The van der Waals surface area contributed by atoms with Gasteiger partial charge in [-0.15, -0.1) is 0 Å².